The largest absolute Gasteiger partial charge is 0.507 e. The number of ether oxygens (including phenoxy) is 1. The number of phenols is 1. The molecule has 1 aromatic carbocycles. The molecule has 2 amide bonds. The van der Waals surface area contributed by atoms with Crippen LogP contribution < -0.4 is 10.6 Å². The first-order valence-electron chi connectivity index (χ1n) is 8.09. The number of nitrogens with one attached hydrogen (secondary N) is 2. The van der Waals surface area contributed by atoms with Gasteiger partial charge in [0.25, 0.3) is 5.91 Å². The van der Waals surface area contributed by atoms with Gasteiger partial charge in [0.2, 0.25) is 0 Å². The van der Waals surface area contributed by atoms with E-state index in [9.17, 15) is 14.7 Å². The van der Waals surface area contributed by atoms with Crippen molar-refractivity contribution in [3.8, 4) is 5.75 Å². The summed E-state index contributed by atoms with van der Waals surface area (Å²) in [4.78, 5) is 23.1. The predicted octanol–water partition coefficient (Wildman–Crippen LogP) is 2.77. The van der Waals surface area contributed by atoms with Crippen molar-refractivity contribution in [2.45, 2.75) is 13.3 Å². The lowest BCUT2D eigenvalue weighted by Gasteiger charge is -2.08. The molecule has 0 heterocycles. The third-order valence-corrected chi connectivity index (χ3v) is 6.09. The maximum absolute atomic E-state index is 12.1. The Morgan fingerprint density at radius 1 is 1.22 bits per heavy atom. The summed E-state index contributed by atoms with van der Waals surface area (Å²) in [7, 11) is 3.13. The highest BCUT2D eigenvalue weighted by atomic mass is 79.9. The molecule has 0 atom stereocenters. The highest BCUT2D eigenvalue weighted by Crippen LogP contribution is 2.24. The van der Waals surface area contributed by atoms with Crippen LogP contribution in [0.5, 0.6) is 5.75 Å². The molecule has 4 N–H and O–H groups in total. The second-order valence-electron chi connectivity index (χ2n) is 5.06. The smallest absolute Gasteiger partial charge is 0.407 e. The molecule has 0 spiro atoms. The lowest BCUT2D eigenvalue weighted by Crippen LogP contribution is -2.33. The monoisotopic (exact) mass is 479 g/mol. The van der Waals surface area contributed by atoms with E-state index in [4.69, 9.17) is 9.94 Å². The van der Waals surface area contributed by atoms with Crippen LogP contribution in [0.1, 0.15) is 12.5 Å². The van der Waals surface area contributed by atoms with Crippen LogP contribution in [0, 0.1) is 0 Å². The van der Waals surface area contributed by atoms with E-state index in [1.54, 1.807) is 40.6 Å². The van der Waals surface area contributed by atoms with E-state index in [-0.39, 0.29) is 17.9 Å². The molecule has 1 rings (SSSR count). The lowest BCUT2D eigenvalue weighted by atomic mass is 10.1. The summed E-state index contributed by atoms with van der Waals surface area (Å²) in [6, 6.07) is 4.80. The van der Waals surface area contributed by atoms with Crippen LogP contribution in [0.25, 0.3) is 0 Å². The van der Waals surface area contributed by atoms with E-state index in [1.807, 2.05) is 0 Å². The molecule has 150 valence electrons. The minimum atomic E-state index is -0.448. The number of amides is 2. The van der Waals surface area contributed by atoms with Gasteiger partial charge in [0.05, 0.1) is 11.1 Å². The number of phenolic OH excluding ortho intramolecular Hbond substituents is 1. The van der Waals surface area contributed by atoms with E-state index in [0.29, 0.717) is 29.9 Å². The van der Waals surface area contributed by atoms with Crippen molar-refractivity contribution in [3.05, 3.63) is 28.2 Å². The SMILES string of the molecule is CCOC(=O)NCCSSCCNC(=O)/C(Cc1ccc(O)c(Br)c1)=N/O. The third kappa shape index (κ3) is 9.78. The molecule has 0 aliphatic heterocycles. The lowest BCUT2D eigenvalue weighted by molar-refractivity contribution is -0.114. The van der Waals surface area contributed by atoms with Crippen LogP contribution in [0.3, 0.4) is 0 Å². The fourth-order valence-electron chi connectivity index (χ4n) is 1.82. The minimum Gasteiger partial charge on any atom is -0.507 e. The molecule has 0 bridgehead atoms. The fraction of sp³-hybridized carbons (Fsp3) is 0.438. The topological polar surface area (TPSA) is 120 Å². The third-order valence-electron chi connectivity index (χ3n) is 3.05. The Morgan fingerprint density at radius 3 is 2.48 bits per heavy atom. The van der Waals surface area contributed by atoms with Crippen molar-refractivity contribution in [3.63, 3.8) is 0 Å². The molecule has 0 radical (unpaired) electrons. The number of rotatable bonds is 11. The van der Waals surface area contributed by atoms with Crippen molar-refractivity contribution in [1.82, 2.24) is 10.6 Å². The number of aromatic hydroxyl groups is 1. The first-order chi connectivity index (χ1) is 13.0. The zero-order valence-corrected chi connectivity index (χ0v) is 18.0. The molecule has 27 heavy (non-hydrogen) atoms. The Morgan fingerprint density at radius 2 is 1.89 bits per heavy atom. The first-order valence-corrected chi connectivity index (χ1v) is 11.4. The summed E-state index contributed by atoms with van der Waals surface area (Å²) in [5.41, 5.74) is 0.713. The zero-order chi connectivity index (χ0) is 20.1. The molecule has 0 fully saturated rings. The number of carbonyl (C=O) groups excluding carboxylic acids is 2. The number of benzene rings is 1. The number of alkyl carbamates (subject to hydrolysis) is 1. The molecule has 0 saturated carbocycles. The molecule has 8 nitrogen and oxygen atoms in total. The minimum absolute atomic E-state index is 0.0103. The normalized spacial score (nSPS) is 11.1. The predicted molar refractivity (Wildman–Crippen MR) is 112 cm³/mol. The Bertz CT molecular complexity index is 661. The van der Waals surface area contributed by atoms with Gasteiger partial charge in [-0.1, -0.05) is 32.8 Å². The average Bonchev–Trinajstić information content (AvgIpc) is 2.64. The van der Waals surface area contributed by atoms with Gasteiger partial charge >= 0.3 is 6.09 Å². The standard InChI is InChI=1S/C16H22BrN3O5S2/c1-2-25-16(23)19-6-8-27-26-7-5-18-15(22)13(20-24)10-11-3-4-14(21)12(17)9-11/h3-4,9,21,24H,2,5-8,10H2,1H3,(H,18,22)(H,19,23)/b20-13+. The Hall–Kier alpha value is -1.59. The molecule has 11 heteroatoms. The van der Waals surface area contributed by atoms with Crippen LogP contribution in [0.15, 0.2) is 27.8 Å². The number of hydrogen-bond donors (Lipinski definition) is 4. The highest BCUT2D eigenvalue weighted by molar-refractivity contribution is 9.10. The maximum Gasteiger partial charge on any atom is 0.407 e. The van der Waals surface area contributed by atoms with E-state index in [2.05, 4.69) is 31.7 Å². The Kier molecular flexibility index (Phi) is 11.8. The van der Waals surface area contributed by atoms with Crippen LogP contribution in [-0.4, -0.2) is 59.2 Å². The van der Waals surface area contributed by atoms with E-state index in [0.717, 1.165) is 11.3 Å². The summed E-state index contributed by atoms with van der Waals surface area (Å²) < 4.78 is 5.24. The molecular weight excluding hydrogens is 458 g/mol. The van der Waals surface area contributed by atoms with Crippen LogP contribution in [0.4, 0.5) is 4.79 Å². The van der Waals surface area contributed by atoms with Crippen LogP contribution in [0.2, 0.25) is 0 Å². The summed E-state index contributed by atoms with van der Waals surface area (Å²) in [5, 5.41) is 26.9. The number of oxime groups is 1. The van der Waals surface area contributed by atoms with Crippen molar-refractivity contribution >= 4 is 55.2 Å². The van der Waals surface area contributed by atoms with Gasteiger partial charge < -0.3 is 25.7 Å². The second kappa shape index (κ2) is 13.6. The highest BCUT2D eigenvalue weighted by Gasteiger charge is 2.13. The van der Waals surface area contributed by atoms with E-state index < -0.39 is 12.0 Å². The Labute approximate surface area is 174 Å². The molecule has 0 aromatic heterocycles. The zero-order valence-electron chi connectivity index (χ0n) is 14.7. The van der Waals surface area contributed by atoms with Gasteiger partial charge in [-0.05, 0) is 40.5 Å². The van der Waals surface area contributed by atoms with Gasteiger partial charge in [-0.3, -0.25) is 4.79 Å². The maximum atomic E-state index is 12.1. The van der Waals surface area contributed by atoms with Crippen molar-refractivity contribution in [2.24, 2.45) is 5.16 Å². The van der Waals surface area contributed by atoms with Gasteiger partial charge in [-0.25, -0.2) is 4.79 Å². The molecule has 0 aliphatic rings. The van der Waals surface area contributed by atoms with Gasteiger partial charge in [-0.15, -0.1) is 0 Å². The van der Waals surface area contributed by atoms with Gasteiger partial charge in [-0.2, -0.15) is 0 Å². The van der Waals surface area contributed by atoms with Gasteiger partial charge in [0.1, 0.15) is 11.5 Å². The Balaban J connectivity index is 2.21. The summed E-state index contributed by atoms with van der Waals surface area (Å²) in [6.07, 6.45) is -0.283. The number of halogens is 1. The molecule has 1 aromatic rings. The van der Waals surface area contributed by atoms with Gasteiger partial charge in [0.15, 0.2) is 0 Å². The number of nitrogens with zero attached hydrogens (tertiary/aromatic N) is 1. The van der Waals surface area contributed by atoms with Crippen LogP contribution >= 0.6 is 37.5 Å². The van der Waals surface area contributed by atoms with E-state index in [1.165, 1.54) is 6.07 Å². The van der Waals surface area contributed by atoms with Gasteiger partial charge in [0, 0.05) is 31.0 Å². The van der Waals surface area contributed by atoms with Crippen LogP contribution in [-0.2, 0) is 16.0 Å². The molecule has 0 unspecified atom stereocenters. The van der Waals surface area contributed by atoms with Crippen molar-refractivity contribution in [1.29, 1.82) is 0 Å². The second-order valence-corrected chi connectivity index (χ2v) is 8.61. The average molecular weight is 480 g/mol. The van der Waals surface area contributed by atoms with E-state index >= 15 is 0 Å². The summed E-state index contributed by atoms with van der Waals surface area (Å²) in [6.45, 7) is 3.01. The summed E-state index contributed by atoms with van der Waals surface area (Å²) in [5.74, 6) is 1.03. The van der Waals surface area contributed by atoms with Crippen molar-refractivity contribution < 1.29 is 24.6 Å². The number of carbonyl (C=O) groups is 2. The molecule has 0 aliphatic carbocycles. The fourth-order valence-corrected chi connectivity index (χ4v) is 4.06. The molecular formula is C16H22BrN3O5S2. The quantitative estimate of drug-likeness (QED) is 0.126. The number of hydrogen-bond acceptors (Lipinski definition) is 8. The van der Waals surface area contributed by atoms with Crippen molar-refractivity contribution in [2.75, 3.05) is 31.2 Å². The molecule has 0 saturated heterocycles. The summed E-state index contributed by atoms with van der Waals surface area (Å²) >= 11 is 3.20. The first kappa shape index (κ1) is 23.4.